The predicted octanol–water partition coefficient (Wildman–Crippen LogP) is 0.798. The van der Waals surface area contributed by atoms with Crippen LogP contribution in [0.3, 0.4) is 0 Å². The summed E-state index contributed by atoms with van der Waals surface area (Å²) in [4.78, 5) is 0. The van der Waals surface area contributed by atoms with Crippen molar-refractivity contribution in [2.24, 2.45) is 0 Å². The summed E-state index contributed by atoms with van der Waals surface area (Å²) >= 11 is 0. The summed E-state index contributed by atoms with van der Waals surface area (Å²) in [6, 6.07) is 0. The molecule has 0 aromatic heterocycles. The van der Waals surface area contributed by atoms with Crippen LogP contribution in [0.15, 0.2) is 12.7 Å². The molecule has 0 aromatic carbocycles. The Morgan fingerprint density at radius 2 is 2.33 bits per heavy atom. The van der Waals surface area contributed by atoms with E-state index in [-0.39, 0.29) is 0 Å². The zero-order valence-electron chi connectivity index (χ0n) is 6.02. The summed E-state index contributed by atoms with van der Waals surface area (Å²) in [5.74, 6) is 0. The van der Waals surface area contributed by atoms with Gasteiger partial charge in [-0.15, -0.1) is 6.58 Å². The van der Waals surface area contributed by atoms with Crippen molar-refractivity contribution in [3.63, 3.8) is 0 Å². The minimum atomic E-state index is 0.796. The Balaban J connectivity index is 2.66. The fraction of sp³-hybridized carbons (Fsp3) is 0.714. The first-order valence-corrected chi connectivity index (χ1v) is 3.25. The van der Waals surface area contributed by atoms with Gasteiger partial charge in [0.2, 0.25) is 0 Å². The molecule has 0 saturated carbocycles. The number of hydrogen-bond acceptors (Lipinski definition) is 2. The van der Waals surface area contributed by atoms with E-state index in [0.717, 1.165) is 26.2 Å². The molecule has 0 rings (SSSR count). The van der Waals surface area contributed by atoms with Gasteiger partial charge in [-0.05, 0) is 13.5 Å². The number of rotatable bonds is 6. The summed E-state index contributed by atoms with van der Waals surface area (Å²) < 4.78 is 5.18. The first-order valence-electron chi connectivity index (χ1n) is 3.25. The van der Waals surface area contributed by atoms with Crippen molar-refractivity contribution < 1.29 is 4.74 Å². The standard InChI is InChI=1S/C7H15NO/c1-3-4-6-9-7-5-8-2/h3,8H,1,4-7H2,2H3. The molecule has 0 amide bonds. The maximum atomic E-state index is 5.18. The highest BCUT2D eigenvalue weighted by molar-refractivity contribution is 4.64. The Morgan fingerprint density at radius 3 is 2.89 bits per heavy atom. The molecule has 0 aliphatic heterocycles. The van der Waals surface area contributed by atoms with Crippen LogP contribution in [-0.4, -0.2) is 26.8 Å². The normalized spacial score (nSPS) is 9.44. The van der Waals surface area contributed by atoms with Gasteiger partial charge < -0.3 is 10.1 Å². The van der Waals surface area contributed by atoms with E-state index in [2.05, 4.69) is 11.9 Å². The molecule has 0 atom stereocenters. The van der Waals surface area contributed by atoms with E-state index in [1.807, 2.05) is 13.1 Å². The number of hydrogen-bond donors (Lipinski definition) is 1. The third kappa shape index (κ3) is 7.66. The average molecular weight is 129 g/mol. The maximum Gasteiger partial charge on any atom is 0.0590 e. The number of ether oxygens (including phenoxy) is 1. The van der Waals surface area contributed by atoms with Crippen LogP contribution in [0.2, 0.25) is 0 Å². The molecular weight excluding hydrogens is 114 g/mol. The van der Waals surface area contributed by atoms with E-state index < -0.39 is 0 Å². The number of nitrogens with one attached hydrogen (secondary N) is 1. The Bertz CT molecular complexity index is 63.9. The van der Waals surface area contributed by atoms with E-state index in [9.17, 15) is 0 Å². The topological polar surface area (TPSA) is 21.3 Å². The molecule has 0 unspecified atom stereocenters. The Kier molecular flexibility index (Phi) is 7.37. The summed E-state index contributed by atoms with van der Waals surface area (Å²) in [6.45, 7) is 6.10. The van der Waals surface area contributed by atoms with Gasteiger partial charge in [0.25, 0.3) is 0 Å². The Morgan fingerprint density at radius 1 is 1.56 bits per heavy atom. The van der Waals surface area contributed by atoms with Crippen molar-refractivity contribution in [1.29, 1.82) is 0 Å². The maximum absolute atomic E-state index is 5.18. The molecule has 2 heteroatoms. The largest absolute Gasteiger partial charge is 0.380 e. The molecule has 2 nitrogen and oxygen atoms in total. The van der Waals surface area contributed by atoms with Crippen LogP contribution in [0.25, 0.3) is 0 Å². The van der Waals surface area contributed by atoms with Gasteiger partial charge in [0.05, 0.1) is 13.2 Å². The summed E-state index contributed by atoms with van der Waals surface area (Å²) in [7, 11) is 1.91. The summed E-state index contributed by atoms with van der Waals surface area (Å²) in [5.41, 5.74) is 0. The van der Waals surface area contributed by atoms with Crippen molar-refractivity contribution in [2.45, 2.75) is 6.42 Å². The van der Waals surface area contributed by atoms with Crippen molar-refractivity contribution >= 4 is 0 Å². The van der Waals surface area contributed by atoms with Crippen molar-refractivity contribution in [1.82, 2.24) is 5.32 Å². The molecule has 0 aliphatic rings. The van der Waals surface area contributed by atoms with E-state index in [4.69, 9.17) is 4.74 Å². The quantitative estimate of drug-likeness (QED) is 0.423. The lowest BCUT2D eigenvalue weighted by atomic mass is 10.5. The second kappa shape index (κ2) is 7.66. The molecule has 0 radical (unpaired) electrons. The Labute approximate surface area is 56.9 Å². The molecule has 9 heavy (non-hydrogen) atoms. The summed E-state index contributed by atoms with van der Waals surface area (Å²) in [5, 5.41) is 2.99. The van der Waals surface area contributed by atoms with Crippen LogP contribution < -0.4 is 5.32 Å². The van der Waals surface area contributed by atoms with Gasteiger partial charge in [-0.1, -0.05) is 6.08 Å². The fourth-order valence-electron chi connectivity index (χ4n) is 0.443. The highest BCUT2D eigenvalue weighted by atomic mass is 16.5. The van der Waals surface area contributed by atoms with Gasteiger partial charge in [0, 0.05) is 6.54 Å². The van der Waals surface area contributed by atoms with Gasteiger partial charge in [0.15, 0.2) is 0 Å². The van der Waals surface area contributed by atoms with Crippen molar-refractivity contribution in [2.75, 3.05) is 26.8 Å². The lowest BCUT2D eigenvalue weighted by Gasteiger charge is -1.99. The second-order valence-corrected chi connectivity index (χ2v) is 1.79. The van der Waals surface area contributed by atoms with E-state index >= 15 is 0 Å². The zero-order chi connectivity index (χ0) is 6.95. The Hall–Kier alpha value is -0.340. The predicted molar refractivity (Wildman–Crippen MR) is 39.6 cm³/mol. The van der Waals surface area contributed by atoms with E-state index in [1.165, 1.54) is 0 Å². The molecule has 0 heterocycles. The molecule has 0 fully saturated rings. The molecule has 0 saturated heterocycles. The van der Waals surface area contributed by atoms with Crippen LogP contribution in [0.1, 0.15) is 6.42 Å². The van der Waals surface area contributed by atoms with Gasteiger partial charge in [-0.3, -0.25) is 0 Å². The third-order valence-corrected chi connectivity index (χ3v) is 0.963. The van der Waals surface area contributed by atoms with E-state index in [1.54, 1.807) is 0 Å². The lowest BCUT2D eigenvalue weighted by Crippen LogP contribution is -2.14. The molecule has 0 bridgehead atoms. The first kappa shape index (κ1) is 8.66. The van der Waals surface area contributed by atoms with Gasteiger partial charge in [0.1, 0.15) is 0 Å². The smallest absolute Gasteiger partial charge is 0.0590 e. The number of likely N-dealkylation sites (N-methyl/N-ethyl adjacent to an activating group) is 1. The lowest BCUT2D eigenvalue weighted by molar-refractivity contribution is 0.142. The molecular formula is C7H15NO. The third-order valence-electron chi connectivity index (χ3n) is 0.963. The summed E-state index contributed by atoms with van der Waals surface area (Å²) in [6.07, 6.45) is 2.81. The molecule has 0 aromatic rings. The fourth-order valence-corrected chi connectivity index (χ4v) is 0.443. The zero-order valence-corrected chi connectivity index (χ0v) is 6.02. The second-order valence-electron chi connectivity index (χ2n) is 1.79. The molecule has 1 N–H and O–H groups in total. The van der Waals surface area contributed by atoms with Crippen molar-refractivity contribution in [3.8, 4) is 0 Å². The van der Waals surface area contributed by atoms with Crippen LogP contribution in [0.5, 0.6) is 0 Å². The van der Waals surface area contributed by atoms with Gasteiger partial charge in [-0.25, -0.2) is 0 Å². The monoisotopic (exact) mass is 129 g/mol. The van der Waals surface area contributed by atoms with Crippen LogP contribution in [0, 0.1) is 0 Å². The highest BCUT2D eigenvalue weighted by Gasteiger charge is 1.82. The minimum absolute atomic E-state index is 0.796. The van der Waals surface area contributed by atoms with Crippen LogP contribution in [0.4, 0.5) is 0 Å². The van der Waals surface area contributed by atoms with Gasteiger partial charge >= 0.3 is 0 Å². The molecule has 0 spiro atoms. The van der Waals surface area contributed by atoms with Crippen LogP contribution in [-0.2, 0) is 4.74 Å². The van der Waals surface area contributed by atoms with E-state index in [0.29, 0.717) is 0 Å². The minimum Gasteiger partial charge on any atom is -0.380 e. The molecule has 54 valence electrons. The first-order chi connectivity index (χ1) is 4.41. The van der Waals surface area contributed by atoms with Crippen LogP contribution >= 0.6 is 0 Å². The highest BCUT2D eigenvalue weighted by Crippen LogP contribution is 1.80. The molecule has 0 aliphatic carbocycles. The van der Waals surface area contributed by atoms with Gasteiger partial charge in [-0.2, -0.15) is 0 Å². The van der Waals surface area contributed by atoms with Crippen molar-refractivity contribution in [3.05, 3.63) is 12.7 Å². The average Bonchev–Trinajstić information content (AvgIpc) is 1.89. The SMILES string of the molecule is C=CCCOCCNC.